The molecule has 0 aromatic heterocycles. The molecule has 3 heterocycles. The maximum Gasteiger partial charge on any atom is 0.227 e. The summed E-state index contributed by atoms with van der Waals surface area (Å²) >= 11 is 1.70. The van der Waals surface area contributed by atoms with Crippen molar-refractivity contribution < 1.29 is 9.90 Å². The van der Waals surface area contributed by atoms with Gasteiger partial charge in [0.2, 0.25) is 5.91 Å². The van der Waals surface area contributed by atoms with Crippen LogP contribution < -0.4 is 9.80 Å². The fourth-order valence-electron chi connectivity index (χ4n) is 2.96. The van der Waals surface area contributed by atoms with Crippen LogP contribution >= 0.6 is 11.8 Å². The number of rotatable bonds is 2. The smallest absolute Gasteiger partial charge is 0.227 e. The molecule has 1 aromatic rings. The molecule has 5 nitrogen and oxygen atoms in total. The Balaban J connectivity index is 1.67. The number of aliphatic hydroxyl groups excluding tert-OH is 1. The summed E-state index contributed by atoms with van der Waals surface area (Å²) in [7, 11) is 0. The molecule has 20 heavy (non-hydrogen) atoms. The van der Waals surface area contributed by atoms with Crippen LogP contribution in [0.2, 0.25) is 0 Å². The molecule has 0 radical (unpaired) electrons. The second-order valence-corrected chi connectivity index (χ2v) is 6.34. The number of hydrogen-bond acceptors (Lipinski definition) is 5. The van der Waals surface area contributed by atoms with E-state index in [4.69, 9.17) is 0 Å². The molecule has 104 valence electrons. The van der Waals surface area contributed by atoms with Gasteiger partial charge in [-0.1, -0.05) is 0 Å². The van der Waals surface area contributed by atoms with E-state index in [1.54, 1.807) is 16.7 Å². The number of aliphatic imine (C=N–C) groups is 1. The number of fused-ring (bicyclic) bond motifs is 3. The number of carbonyl (C=O) groups is 1. The molecular formula is C14H15N3O2S. The molecule has 3 aliphatic heterocycles. The van der Waals surface area contributed by atoms with Crippen LogP contribution in [-0.2, 0) is 4.79 Å². The predicted octanol–water partition coefficient (Wildman–Crippen LogP) is 1.31. The second kappa shape index (κ2) is 4.49. The van der Waals surface area contributed by atoms with Gasteiger partial charge in [0, 0.05) is 42.6 Å². The number of benzene rings is 1. The van der Waals surface area contributed by atoms with Gasteiger partial charge >= 0.3 is 0 Å². The Labute approximate surface area is 121 Å². The zero-order valence-electron chi connectivity index (χ0n) is 11.0. The molecule has 0 saturated carbocycles. The summed E-state index contributed by atoms with van der Waals surface area (Å²) in [6.45, 7) is 2.46. The van der Waals surface area contributed by atoms with E-state index in [2.05, 4.69) is 22.0 Å². The van der Waals surface area contributed by atoms with E-state index in [0.717, 1.165) is 29.6 Å². The van der Waals surface area contributed by atoms with E-state index < -0.39 is 0 Å². The van der Waals surface area contributed by atoms with Gasteiger partial charge in [0.15, 0.2) is 5.17 Å². The predicted molar refractivity (Wildman–Crippen MR) is 79.5 cm³/mol. The van der Waals surface area contributed by atoms with Crippen LogP contribution in [0, 0.1) is 5.92 Å². The topological polar surface area (TPSA) is 56.1 Å². The largest absolute Gasteiger partial charge is 0.396 e. The first-order valence-electron chi connectivity index (χ1n) is 6.81. The molecule has 0 bridgehead atoms. The van der Waals surface area contributed by atoms with Gasteiger partial charge in [0.25, 0.3) is 0 Å². The minimum atomic E-state index is 0.0639. The van der Waals surface area contributed by atoms with Crippen molar-refractivity contribution in [3.8, 4) is 0 Å². The van der Waals surface area contributed by atoms with Crippen LogP contribution in [0.4, 0.5) is 11.4 Å². The lowest BCUT2D eigenvalue weighted by Crippen LogP contribution is -2.25. The molecule has 1 atom stereocenters. The summed E-state index contributed by atoms with van der Waals surface area (Å²) < 4.78 is 0. The summed E-state index contributed by atoms with van der Waals surface area (Å²) in [6, 6.07) is 6.13. The number of nitrogens with zero attached hydrogens (tertiary/aromatic N) is 3. The van der Waals surface area contributed by atoms with Crippen molar-refractivity contribution in [3.63, 3.8) is 0 Å². The SMILES string of the molecule is O=C1CC(CO)CN1c1ccc2c(c1)N1CCN=C1S2. The minimum Gasteiger partial charge on any atom is -0.396 e. The van der Waals surface area contributed by atoms with E-state index in [-0.39, 0.29) is 18.4 Å². The monoisotopic (exact) mass is 289 g/mol. The quantitative estimate of drug-likeness (QED) is 0.892. The Morgan fingerprint density at radius 3 is 3.10 bits per heavy atom. The van der Waals surface area contributed by atoms with Crippen LogP contribution in [0.1, 0.15) is 6.42 Å². The zero-order valence-corrected chi connectivity index (χ0v) is 11.8. The minimum absolute atomic E-state index is 0.0639. The molecule has 1 aromatic carbocycles. The molecular weight excluding hydrogens is 274 g/mol. The average molecular weight is 289 g/mol. The van der Waals surface area contributed by atoms with Crippen molar-refractivity contribution >= 4 is 34.2 Å². The van der Waals surface area contributed by atoms with Crippen molar-refractivity contribution in [2.75, 3.05) is 36.0 Å². The van der Waals surface area contributed by atoms with Gasteiger partial charge in [-0.3, -0.25) is 9.79 Å². The fraction of sp³-hybridized carbons (Fsp3) is 0.429. The van der Waals surface area contributed by atoms with Gasteiger partial charge in [0.1, 0.15) is 0 Å². The number of anilines is 2. The van der Waals surface area contributed by atoms with Crippen LogP contribution in [0.3, 0.4) is 0 Å². The standard InChI is InChI=1S/C14H15N3O2S/c18-8-9-5-13(19)17(7-9)10-1-2-12-11(6-10)16-4-3-15-14(16)20-12/h1-2,6,9,18H,3-5,7-8H2. The Morgan fingerprint density at radius 2 is 2.30 bits per heavy atom. The van der Waals surface area contributed by atoms with E-state index in [0.29, 0.717) is 13.0 Å². The first-order valence-corrected chi connectivity index (χ1v) is 7.63. The molecule has 1 unspecified atom stereocenters. The summed E-state index contributed by atoms with van der Waals surface area (Å²) in [4.78, 5) is 21.7. The normalized spacial score (nSPS) is 24.1. The molecule has 3 aliphatic rings. The van der Waals surface area contributed by atoms with Gasteiger partial charge in [-0.05, 0) is 30.0 Å². The summed E-state index contributed by atoms with van der Waals surface area (Å²) in [5.74, 6) is 0.166. The van der Waals surface area contributed by atoms with E-state index in [9.17, 15) is 9.90 Å². The molecule has 0 aliphatic carbocycles. The summed E-state index contributed by atoms with van der Waals surface area (Å²) in [5.41, 5.74) is 2.09. The Hall–Kier alpha value is -1.53. The number of amidine groups is 1. The molecule has 6 heteroatoms. The number of hydrogen-bond donors (Lipinski definition) is 1. The van der Waals surface area contributed by atoms with Gasteiger partial charge in [-0.15, -0.1) is 0 Å². The third-order valence-electron chi connectivity index (χ3n) is 4.01. The highest BCUT2D eigenvalue weighted by Crippen LogP contribution is 2.44. The summed E-state index contributed by atoms with van der Waals surface area (Å²) in [6.07, 6.45) is 0.443. The Morgan fingerprint density at radius 1 is 1.40 bits per heavy atom. The highest BCUT2D eigenvalue weighted by molar-refractivity contribution is 8.14. The van der Waals surface area contributed by atoms with Crippen LogP contribution in [0.15, 0.2) is 28.1 Å². The van der Waals surface area contributed by atoms with Crippen molar-refractivity contribution in [2.24, 2.45) is 10.9 Å². The molecule has 1 fully saturated rings. The van der Waals surface area contributed by atoms with E-state index >= 15 is 0 Å². The number of aliphatic hydroxyl groups is 1. The molecule has 1 saturated heterocycles. The highest BCUT2D eigenvalue weighted by Gasteiger charge is 2.33. The molecule has 1 N–H and O–H groups in total. The van der Waals surface area contributed by atoms with Crippen molar-refractivity contribution in [1.29, 1.82) is 0 Å². The lowest BCUT2D eigenvalue weighted by Gasteiger charge is -2.19. The number of thioether (sulfide) groups is 1. The zero-order chi connectivity index (χ0) is 13.7. The third kappa shape index (κ3) is 1.75. The van der Waals surface area contributed by atoms with Crippen molar-refractivity contribution in [3.05, 3.63) is 18.2 Å². The fourth-order valence-corrected chi connectivity index (χ4v) is 4.02. The first kappa shape index (κ1) is 12.2. The van der Waals surface area contributed by atoms with Gasteiger partial charge in [-0.2, -0.15) is 0 Å². The molecule has 4 rings (SSSR count). The summed E-state index contributed by atoms with van der Waals surface area (Å²) in [5, 5.41) is 10.3. The van der Waals surface area contributed by atoms with E-state index in [1.165, 1.54) is 4.90 Å². The van der Waals surface area contributed by atoms with Gasteiger partial charge < -0.3 is 14.9 Å². The van der Waals surface area contributed by atoms with Gasteiger partial charge in [0.05, 0.1) is 12.2 Å². The lowest BCUT2D eigenvalue weighted by molar-refractivity contribution is -0.117. The molecule has 0 spiro atoms. The second-order valence-electron chi connectivity index (χ2n) is 5.33. The molecule has 1 amide bonds. The number of carbonyl (C=O) groups excluding carboxylic acids is 1. The van der Waals surface area contributed by atoms with Crippen LogP contribution in [-0.4, -0.2) is 42.4 Å². The maximum absolute atomic E-state index is 12.0. The third-order valence-corrected chi connectivity index (χ3v) is 5.11. The van der Waals surface area contributed by atoms with E-state index in [1.807, 2.05) is 6.07 Å². The average Bonchev–Trinajstić information content (AvgIpc) is 3.11. The first-order chi connectivity index (χ1) is 9.76. The Bertz CT molecular complexity index is 616. The van der Waals surface area contributed by atoms with Crippen molar-refractivity contribution in [2.45, 2.75) is 11.3 Å². The lowest BCUT2D eigenvalue weighted by atomic mass is 10.1. The highest BCUT2D eigenvalue weighted by atomic mass is 32.2. The van der Waals surface area contributed by atoms with Crippen LogP contribution in [0.5, 0.6) is 0 Å². The number of amides is 1. The van der Waals surface area contributed by atoms with Crippen LogP contribution in [0.25, 0.3) is 0 Å². The maximum atomic E-state index is 12.0. The van der Waals surface area contributed by atoms with Gasteiger partial charge in [-0.25, -0.2) is 0 Å². The van der Waals surface area contributed by atoms with Crippen molar-refractivity contribution in [1.82, 2.24) is 0 Å². The Kier molecular flexibility index (Phi) is 2.75.